The van der Waals surface area contributed by atoms with Crippen molar-refractivity contribution in [2.45, 2.75) is 25.0 Å². The van der Waals surface area contributed by atoms with Crippen molar-refractivity contribution in [1.82, 2.24) is 14.7 Å². The Kier molecular flexibility index (Phi) is 4.40. The lowest BCUT2D eigenvalue weighted by molar-refractivity contribution is -0.150. The highest BCUT2D eigenvalue weighted by Crippen LogP contribution is 2.39. The van der Waals surface area contributed by atoms with E-state index in [1.165, 1.54) is 4.90 Å². The first kappa shape index (κ1) is 17.0. The quantitative estimate of drug-likeness (QED) is 0.761. The summed E-state index contributed by atoms with van der Waals surface area (Å²) in [5.41, 5.74) is 1.05. The van der Waals surface area contributed by atoms with Gasteiger partial charge in [0.2, 0.25) is 5.91 Å². The lowest BCUT2D eigenvalue weighted by Crippen LogP contribution is -2.51. The number of carbonyl (C=O) groups excluding carboxylic acids is 3. The molecule has 2 atom stereocenters. The maximum atomic E-state index is 12.8. The molecule has 7 heteroatoms. The largest absolute Gasteiger partial charge is 0.366 e. The Balaban J connectivity index is 1.48. The summed E-state index contributed by atoms with van der Waals surface area (Å²) in [5.74, 6) is -0.0210. The Morgan fingerprint density at radius 3 is 2.50 bits per heavy atom. The van der Waals surface area contributed by atoms with E-state index in [-0.39, 0.29) is 37.1 Å². The maximum absolute atomic E-state index is 12.8. The molecule has 7 nitrogen and oxygen atoms in total. The fourth-order valence-electron chi connectivity index (χ4n) is 3.63. The van der Waals surface area contributed by atoms with E-state index < -0.39 is 6.03 Å². The third-order valence-electron chi connectivity index (χ3n) is 5.32. The molecule has 3 fully saturated rings. The molecular formula is C19H23N3O4. The number of rotatable bonds is 4. The van der Waals surface area contributed by atoms with Gasteiger partial charge >= 0.3 is 6.03 Å². The topological polar surface area (TPSA) is 70.2 Å². The number of benzene rings is 1. The highest BCUT2D eigenvalue weighted by molar-refractivity contribution is 6.04. The van der Waals surface area contributed by atoms with Crippen molar-refractivity contribution in [3.8, 4) is 0 Å². The third kappa shape index (κ3) is 3.31. The van der Waals surface area contributed by atoms with E-state index in [4.69, 9.17) is 4.74 Å². The van der Waals surface area contributed by atoms with Crippen molar-refractivity contribution in [3.63, 3.8) is 0 Å². The normalized spacial score (nSPS) is 26.6. The number of ether oxygens (including phenoxy) is 1. The van der Waals surface area contributed by atoms with Crippen molar-refractivity contribution in [2.75, 3.05) is 33.2 Å². The van der Waals surface area contributed by atoms with E-state index in [0.29, 0.717) is 19.0 Å². The zero-order chi connectivity index (χ0) is 18.3. The average Bonchev–Trinajstić information content (AvgIpc) is 3.47. The van der Waals surface area contributed by atoms with E-state index in [0.717, 1.165) is 23.3 Å². The lowest BCUT2D eigenvalue weighted by Gasteiger charge is -2.39. The molecule has 0 N–H and O–H groups in total. The summed E-state index contributed by atoms with van der Waals surface area (Å²) in [5, 5.41) is 0. The van der Waals surface area contributed by atoms with E-state index in [9.17, 15) is 14.4 Å². The molecule has 0 spiro atoms. The van der Waals surface area contributed by atoms with Crippen molar-refractivity contribution < 1.29 is 19.1 Å². The van der Waals surface area contributed by atoms with Crippen LogP contribution in [0.2, 0.25) is 0 Å². The Morgan fingerprint density at radius 2 is 1.88 bits per heavy atom. The fraction of sp³-hybridized carbons (Fsp3) is 0.526. The van der Waals surface area contributed by atoms with Crippen molar-refractivity contribution >= 4 is 17.8 Å². The molecule has 138 valence electrons. The van der Waals surface area contributed by atoms with Crippen LogP contribution in [-0.2, 0) is 14.3 Å². The monoisotopic (exact) mass is 357 g/mol. The summed E-state index contributed by atoms with van der Waals surface area (Å²) in [6.07, 6.45) is 2.10. The summed E-state index contributed by atoms with van der Waals surface area (Å²) in [6.45, 7) is 0.810. The molecule has 2 saturated heterocycles. The van der Waals surface area contributed by atoms with Gasteiger partial charge in [0, 0.05) is 13.6 Å². The number of morpholine rings is 1. The SMILES string of the molecule is CN1CC(=O)N(CC(=O)N2C[C@@H](c3ccccc3)O[C@@H](C3CC3)C2)C1=O. The summed E-state index contributed by atoms with van der Waals surface area (Å²) < 4.78 is 6.26. The first-order valence-electron chi connectivity index (χ1n) is 9.06. The van der Waals surface area contributed by atoms with Gasteiger partial charge in [-0.3, -0.25) is 14.5 Å². The van der Waals surface area contributed by atoms with Gasteiger partial charge in [-0.15, -0.1) is 0 Å². The number of imide groups is 1. The lowest BCUT2D eigenvalue weighted by atomic mass is 10.0. The molecule has 3 aliphatic rings. The number of likely N-dealkylation sites (N-methyl/N-ethyl adjacent to an activating group) is 1. The molecule has 0 unspecified atom stereocenters. The third-order valence-corrected chi connectivity index (χ3v) is 5.32. The van der Waals surface area contributed by atoms with Crippen LogP contribution in [0.15, 0.2) is 30.3 Å². The standard InChI is InChI=1S/C19H23N3O4/c1-20-11-18(24)22(19(20)25)12-17(23)21-9-15(13-5-3-2-4-6-13)26-16(10-21)14-7-8-14/h2-6,14-16H,7-12H2,1H3/t15-,16+/m0/s1. The van der Waals surface area contributed by atoms with E-state index in [2.05, 4.69) is 0 Å². The van der Waals surface area contributed by atoms with E-state index in [1.54, 1.807) is 11.9 Å². The van der Waals surface area contributed by atoms with Crippen LogP contribution in [0.1, 0.15) is 24.5 Å². The Labute approximate surface area is 152 Å². The first-order chi connectivity index (χ1) is 12.5. The van der Waals surface area contributed by atoms with Gasteiger partial charge in [-0.2, -0.15) is 0 Å². The van der Waals surface area contributed by atoms with Crippen molar-refractivity contribution in [3.05, 3.63) is 35.9 Å². The molecular weight excluding hydrogens is 334 g/mol. The van der Waals surface area contributed by atoms with E-state index >= 15 is 0 Å². The number of nitrogens with zero attached hydrogens (tertiary/aromatic N) is 3. The zero-order valence-corrected chi connectivity index (χ0v) is 14.8. The van der Waals surface area contributed by atoms with Gasteiger partial charge in [0.15, 0.2) is 0 Å². The van der Waals surface area contributed by atoms with Crippen LogP contribution in [0.5, 0.6) is 0 Å². The molecule has 1 saturated carbocycles. The van der Waals surface area contributed by atoms with Gasteiger partial charge in [-0.25, -0.2) is 4.79 Å². The fourth-order valence-corrected chi connectivity index (χ4v) is 3.63. The van der Waals surface area contributed by atoms with Gasteiger partial charge in [0.1, 0.15) is 19.2 Å². The molecule has 2 aliphatic heterocycles. The number of carbonyl (C=O) groups is 3. The highest BCUT2D eigenvalue weighted by atomic mass is 16.5. The number of hydrogen-bond acceptors (Lipinski definition) is 4. The van der Waals surface area contributed by atoms with Crippen LogP contribution in [0, 0.1) is 5.92 Å². The first-order valence-corrected chi connectivity index (χ1v) is 9.06. The number of urea groups is 1. The average molecular weight is 357 g/mol. The second kappa shape index (κ2) is 6.72. The van der Waals surface area contributed by atoms with E-state index in [1.807, 2.05) is 30.3 Å². The molecule has 1 aromatic carbocycles. The minimum atomic E-state index is -0.407. The summed E-state index contributed by atoms with van der Waals surface area (Å²) in [6, 6.07) is 9.48. The molecule has 0 aromatic heterocycles. The predicted molar refractivity (Wildman–Crippen MR) is 93.1 cm³/mol. The summed E-state index contributed by atoms with van der Waals surface area (Å²) >= 11 is 0. The molecule has 4 amide bonds. The Morgan fingerprint density at radius 1 is 1.15 bits per heavy atom. The Hall–Kier alpha value is -2.41. The molecule has 0 bridgehead atoms. The van der Waals surface area contributed by atoms with Gasteiger partial charge in [-0.1, -0.05) is 30.3 Å². The van der Waals surface area contributed by atoms with Crippen LogP contribution in [0.3, 0.4) is 0 Å². The number of hydrogen-bond donors (Lipinski definition) is 0. The van der Waals surface area contributed by atoms with Gasteiger partial charge in [0.25, 0.3) is 5.91 Å². The minimum absolute atomic E-state index is 0.0190. The van der Waals surface area contributed by atoms with Crippen LogP contribution in [-0.4, -0.2) is 71.9 Å². The number of amides is 4. The molecule has 26 heavy (non-hydrogen) atoms. The van der Waals surface area contributed by atoms with Gasteiger partial charge in [0.05, 0.1) is 12.6 Å². The summed E-state index contributed by atoms with van der Waals surface area (Å²) in [7, 11) is 1.56. The second-order valence-corrected chi connectivity index (χ2v) is 7.33. The molecule has 1 aromatic rings. The summed E-state index contributed by atoms with van der Waals surface area (Å²) in [4.78, 5) is 40.9. The van der Waals surface area contributed by atoms with Gasteiger partial charge in [-0.05, 0) is 24.3 Å². The smallest absolute Gasteiger partial charge is 0.327 e. The Bertz CT molecular complexity index is 719. The van der Waals surface area contributed by atoms with Crippen LogP contribution in [0.25, 0.3) is 0 Å². The molecule has 0 radical (unpaired) electrons. The molecule has 2 heterocycles. The zero-order valence-electron chi connectivity index (χ0n) is 14.8. The molecule has 4 rings (SSSR count). The minimum Gasteiger partial charge on any atom is -0.366 e. The van der Waals surface area contributed by atoms with Crippen LogP contribution in [0.4, 0.5) is 4.79 Å². The second-order valence-electron chi connectivity index (χ2n) is 7.33. The van der Waals surface area contributed by atoms with Crippen molar-refractivity contribution in [2.24, 2.45) is 5.92 Å². The van der Waals surface area contributed by atoms with Crippen LogP contribution >= 0.6 is 0 Å². The van der Waals surface area contributed by atoms with Crippen molar-refractivity contribution in [1.29, 1.82) is 0 Å². The maximum Gasteiger partial charge on any atom is 0.327 e. The van der Waals surface area contributed by atoms with Crippen LogP contribution < -0.4 is 0 Å². The molecule has 1 aliphatic carbocycles. The van der Waals surface area contributed by atoms with Gasteiger partial charge < -0.3 is 14.5 Å². The highest BCUT2D eigenvalue weighted by Gasteiger charge is 2.41. The predicted octanol–water partition coefficient (Wildman–Crippen LogP) is 1.26.